The summed E-state index contributed by atoms with van der Waals surface area (Å²) < 4.78 is 5.26. The number of carbonyl (C=O) groups is 2. The van der Waals surface area contributed by atoms with E-state index in [0.717, 1.165) is 18.4 Å². The maximum Gasteiger partial charge on any atom is 0.321 e. The number of hydrogen-bond acceptors (Lipinski definition) is 3. The van der Waals surface area contributed by atoms with Crippen molar-refractivity contribution in [2.75, 3.05) is 13.2 Å². The topological polar surface area (TPSA) is 67.4 Å². The molecular formula is C14H20N2O3. The van der Waals surface area contributed by atoms with Crippen LogP contribution in [0.4, 0.5) is 4.79 Å². The molecule has 0 radical (unpaired) electrons. The highest BCUT2D eigenvalue weighted by Gasteiger charge is 2.07. The van der Waals surface area contributed by atoms with Crippen LogP contribution < -0.4 is 15.4 Å². The molecule has 0 unspecified atom stereocenters. The van der Waals surface area contributed by atoms with E-state index < -0.39 is 11.9 Å². The molecular weight excluding hydrogens is 244 g/mol. The van der Waals surface area contributed by atoms with E-state index in [4.69, 9.17) is 4.74 Å². The van der Waals surface area contributed by atoms with Gasteiger partial charge >= 0.3 is 6.03 Å². The number of urea groups is 1. The number of benzene rings is 1. The summed E-state index contributed by atoms with van der Waals surface area (Å²) in [6.07, 6.45) is 1.88. The highest BCUT2D eigenvalue weighted by Crippen LogP contribution is 2.10. The fourth-order valence-electron chi connectivity index (χ4n) is 1.37. The molecule has 0 aromatic heterocycles. The van der Waals surface area contributed by atoms with Crippen molar-refractivity contribution in [1.29, 1.82) is 0 Å². The maximum absolute atomic E-state index is 11.4. The molecule has 5 nitrogen and oxygen atoms in total. The lowest BCUT2D eigenvalue weighted by molar-refractivity contribution is -0.122. The second kappa shape index (κ2) is 8.13. The molecule has 3 amide bonds. The van der Waals surface area contributed by atoms with Gasteiger partial charge in [-0.3, -0.25) is 10.1 Å². The summed E-state index contributed by atoms with van der Waals surface area (Å²) in [6.45, 7) is 4.38. The molecule has 2 N–H and O–H groups in total. The molecule has 0 fully saturated rings. The summed E-state index contributed by atoms with van der Waals surface area (Å²) in [4.78, 5) is 22.7. The quantitative estimate of drug-likeness (QED) is 0.772. The van der Waals surface area contributed by atoms with Gasteiger partial charge in [-0.15, -0.1) is 0 Å². The lowest BCUT2D eigenvalue weighted by Crippen LogP contribution is -2.41. The molecule has 1 aromatic rings. The van der Waals surface area contributed by atoms with Crippen molar-refractivity contribution in [3.05, 3.63) is 29.8 Å². The van der Waals surface area contributed by atoms with Crippen molar-refractivity contribution in [2.45, 2.75) is 26.7 Å². The monoisotopic (exact) mass is 264 g/mol. The van der Waals surface area contributed by atoms with Gasteiger partial charge in [0.05, 0.1) is 0 Å². The maximum atomic E-state index is 11.4. The molecule has 0 aliphatic heterocycles. The van der Waals surface area contributed by atoms with Gasteiger partial charge in [-0.25, -0.2) is 4.79 Å². The average Bonchev–Trinajstić information content (AvgIpc) is 2.38. The highest BCUT2D eigenvalue weighted by atomic mass is 16.5. The number of amides is 3. The predicted molar refractivity (Wildman–Crippen MR) is 73.1 cm³/mol. The van der Waals surface area contributed by atoms with Gasteiger partial charge < -0.3 is 10.1 Å². The second-order valence-corrected chi connectivity index (χ2v) is 4.26. The zero-order valence-electron chi connectivity index (χ0n) is 11.4. The van der Waals surface area contributed by atoms with Gasteiger partial charge in [0.15, 0.2) is 6.61 Å². The number of imide groups is 1. The van der Waals surface area contributed by atoms with Crippen LogP contribution in [0.3, 0.4) is 0 Å². The summed E-state index contributed by atoms with van der Waals surface area (Å²) in [6, 6.07) is 6.87. The van der Waals surface area contributed by atoms with Crippen molar-refractivity contribution in [1.82, 2.24) is 10.6 Å². The number of rotatable bonds is 6. The molecule has 0 heterocycles. The van der Waals surface area contributed by atoms with E-state index >= 15 is 0 Å². The summed E-state index contributed by atoms with van der Waals surface area (Å²) in [7, 11) is 0. The molecule has 19 heavy (non-hydrogen) atoms. The molecule has 0 spiro atoms. The molecule has 0 aliphatic rings. The van der Waals surface area contributed by atoms with E-state index in [-0.39, 0.29) is 6.61 Å². The fraction of sp³-hybridized carbons (Fsp3) is 0.429. The molecule has 1 aromatic carbocycles. The Bertz CT molecular complexity index is 415. The van der Waals surface area contributed by atoms with Crippen LogP contribution in [-0.4, -0.2) is 25.1 Å². The summed E-state index contributed by atoms with van der Waals surface area (Å²) in [5, 5.41) is 4.80. The molecule has 104 valence electrons. The van der Waals surface area contributed by atoms with Crippen molar-refractivity contribution in [2.24, 2.45) is 0 Å². The van der Waals surface area contributed by atoms with Crippen LogP contribution in [0.5, 0.6) is 5.75 Å². The minimum Gasteiger partial charge on any atom is -0.484 e. The first-order chi connectivity index (χ1) is 9.11. The Kier molecular flexibility index (Phi) is 6.43. The summed E-state index contributed by atoms with van der Waals surface area (Å²) in [5.41, 5.74) is 1.12. The first-order valence-corrected chi connectivity index (χ1v) is 6.39. The minimum atomic E-state index is -0.481. The largest absolute Gasteiger partial charge is 0.484 e. The first-order valence-electron chi connectivity index (χ1n) is 6.39. The van der Waals surface area contributed by atoms with Gasteiger partial charge in [-0.05, 0) is 25.5 Å². The minimum absolute atomic E-state index is 0.176. The number of unbranched alkanes of at least 4 members (excludes halogenated alkanes) is 1. The lowest BCUT2D eigenvalue weighted by Gasteiger charge is -2.08. The number of ether oxygens (including phenoxy) is 1. The summed E-state index contributed by atoms with van der Waals surface area (Å²) in [5.74, 6) is 0.140. The number of nitrogens with one attached hydrogen (secondary N) is 2. The SMILES string of the molecule is CCCCNC(=O)NC(=O)COc1ccc(C)cc1. The predicted octanol–water partition coefficient (Wildman–Crippen LogP) is 2.00. The van der Waals surface area contributed by atoms with Crippen molar-refractivity contribution < 1.29 is 14.3 Å². The molecule has 0 atom stereocenters. The first kappa shape index (κ1) is 15.0. The van der Waals surface area contributed by atoms with Gasteiger partial charge in [0.25, 0.3) is 5.91 Å². The molecule has 5 heteroatoms. The summed E-state index contributed by atoms with van der Waals surface area (Å²) >= 11 is 0. The van der Waals surface area contributed by atoms with E-state index in [0.29, 0.717) is 12.3 Å². The van der Waals surface area contributed by atoms with Crippen LogP contribution in [-0.2, 0) is 4.79 Å². The van der Waals surface area contributed by atoms with Crippen molar-refractivity contribution in [3.63, 3.8) is 0 Å². The third-order valence-corrected chi connectivity index (χ3v) is 2.46. The molecule has 0 bridgehead atoms. The lowest BCUT2D eigenvalue weighted by atomic mass is 10.2. The molecule has 1 rings (SSSR count). The zero-order valence-corrected chi connectivity index (χ0v) is 11.4. The normalized spacial score (nSPS) is 9.79. The third kappa shape index (κ3) is 6.45. The van der Waals surface area contributed by atoms with E-state index in [1.165, 1.54) is 0 Å². The van der Waals surface area contributed by atoms with Gasteiger partial charge in [0, 0.05) is 6.54 Å². The van der Waals surface area contributed by atoms with Crippen LogP contribution in [0.1, 0.15) is 25.3 Å². The number of carbonyl (C=O) groups excluding carboxylic acids is 2. The molecule has 0 saturated carbocycles. The fourth-order valence-corrected chi connectivity index (χ4v) is 1.37. The van der Waals surface area contributed by atoms with E-state index in [9.17, 15) is 9.59 Å². The van der Waals surface area contributed by atoms with Crippen LogP contribution in [0.25, 0.3) is 0 Å². The standard InChI is InChI=1S/C14H20N2O3/c1-3-4-9-15-14(18)16-13(17)10-19-12-7-5-11(2)6-8-12/h5-8H,3-4,9-10H2,1-2H3,(H2,15,16,17,18). The van der Waals surface area contributed by atoms with E-state index in [1.807, 2.05) is 26.0 Å². The number of aryl methyl sites for hydroxylation is 1. The zero-order chi connectivity index (χ0) is 14.1. The Balaban J connectivity index is 2.24. The second-order valence-electron chi connectivity index (χ2n) is 4.26. The van der Waals surface area contributed by atoms with Crippen LogP contribution in [0.2, 0.25) is 0 Å². The van der Waals surface area contributed by atoms with Gasteiger partial charge in [-0.1, -0.05) is 31.0 Å². The van der Waals surface area contributed by atoms with E-state index in [2.05, 4.69) is 10.6 Å². The van der Waals surface area contributed by atoms with Crippen molar-refractivity contribution >= 4 is 11.9 Å². The average molecular weight is 264 g/mol. The molecule has 0 saturated heterocycles. The van der Waals surface area contributed by atoms with Gasteiger partial charge in [0.1, 0.15) is 5.75 Å². The highest BCUT2D eigenvalue weighted by molar-refractivity contribution is 5.94. The Labute approximate surface area is 113 Å². The Morgan fingerprint density at radius 1 is 1.21 bits per heavy atom. The van der Waals surface area contributed by atoms with Crippen LogP contribution in [0.15, 0.2) is 24.3 Å². The van der Waals surface area contributed by atoms with E-state index in [1.54, 1.807) is 12.1 Å². The van der Waals surface area contributed by atoms with Crippen LogP contribution in [0, 0.1) is 6.92 Å². The number of hydrogen-bond donors (Lipinski definition) is 2. The van der Waals surface area contributed by atoms with Gasteiger partial charge in [-0.2, -0.15) is 0 Å². The molecule has 0 aliphatic carbocycles. The van der Waals surface area contributed by atoms with Crippen LogP contribution >= 0.6 is 0 Å². The smallest absolute Gasteiger partial charge is 0.321 e. The Hall–Kier alpha value is -2.04. The third-order valence-electron chi connectivity index (χ3n) is 2.46. The Morgan fingerprint density at radius 2 is 1.89 bits per heavy atom. The van der Waals surface area contributed by atoms with Crippen molar-refractivity contribution in [3.8, 4) is 5.75 Å². The van der Waals surface area contributed by atoms with Gasteiger partial charge in [0.2, 0.25) is 0 Å². The Morgan fingerprint density at radius 3 is 2.53 bits per heavy atom.